The van der Waals surface area contributed by atoms with Crippen molar-refractivity contribution in [2.75, 3.05) is 0 Å². The molecule has 144 valence electrons. The lowest BCUT2D eigenvalue weighted by Gasteiger charge is -2.30. The number of alkyl halides is 13. The van der Waals surface area contributed by atoms with Gasteiger partial charge in [-0.3, -0.25) is 0 Å². The fourth-order valence-electron chi connectivity index (χ4n) is 1.76. The predicted molar refractivity (Wildman–Crippen MR) is 56.1 cm³/mol. The van der Waals surface area contributed by atoms with Crippen LogP contribution >= 0.6 is 0 Å². The molecule has 0 saturated carbocycles. The van der Waals surface area contributed by atoms with E-state index >= 15 is 0 Å². The fraction of sp³-hybridized carbons (Fsp3) is 0.500. The van der Waals surface area contributed by atoms with Gasteiger partial charge in [0.25, 0.3) is 0 Å². The Bertz CT molecular complexity index is 568. The van der Waals surface area contributed by atoms with Gasteiger partial charge in [0.1, 0.15) is 0 Å². The number of halogens is 13. The Hall–Kier alpha value is -1.69. The first kappa shape index (κ1) is 21.4. The van der Waals surface area contributed by atoms with Crippen molar-refractivity contribution in [2.45, 2.75) is 36.8 Å². The van der Waals surface area contributed by atoms with Gasteiger partial charge in [-0.05, 0) is 23.8 Å². The van der Waals surface area contributed by atoms with Crippen LogP contribution in [0.5, 0.6) is 0 Å². The smallest absolute Gasteiger partial charge is 0.223 e. The third kappa shape index (κ3) is 4.48. The van der Waals surface area contributed by atoms with E-state index in [0.29, 0.717) is 0 Å². The Labute approximate surface area is 130 Å². The molecule has 0 N–H and O–H groups in total. The Morgan fingerprint density at radius 1 is 0.520 bits per heavy atom. The van der Waals surface area contributed by atoms with Gasteiger partial charge >= 0.3 is 30.4 Å². The highest BCUT2D eigenvalue weighted by molar-refractivity contribution is 5.35. The highest BCUT2D eigenvalue weighted by Crippen LogP contribution is 2.48. The molecule has 0 aliphatic carbocycles. The zero-order chi connectivity index (χ0) is 20.1. The van der Waals surface area contributed by atoms with Crippen LogP contribution in [0.3, 0.4) is 0 Å². The molecule has 0 unspecified atom stereocenters. The van der Waals surface area contributed by atoms with Crippen LogP contribution in [0, 0.1) is 0 Å². The standard InChI is InChI=1S/C12H5F13/c13-8(11(20,21)22,12(23,24)25)4-5-1-6(9(14,15)16)3-7(2-5)10(17,18)19/h1-3H,4H2. The Balaban J connectivity index is 3.56. The first-order valence-corrected chi connectivity index (χ1v) is 5.90. The molecule has 1 aromatic carbocycles. The van der Waals surface area contributed by atoms with E-state index in [1.807, 2.05) is 0 Å². The van der Waals surface area contributed by atoms with E-state index in [-0.39, 0.29) is 0 Å². The van der Waals surface area contributed by atoms with Gasteiger partial charge in [-0.1, -0.05) is 0 Å². The van der Waals surface area contributed by atoms with Gasteiger partial charge < -0.3 is 0 Å². The highest BCUT2D eigenvalue weighted by Gasteiger charge is 2.72. The van der Waals surface area contributed by atoms with Crippen molar-refractivity contribution in [3.05, 3.63) is 34.9 Å². The summed E-state index contributed by atoms with van der Waals surface area (Å²) in [5.74, 6) is 0. The van der Waals surface area contributed by atoms with Crippen LogP contribution in [0.2, 0.25) is 0 Å². The van der Waals surface area contributed by atoms with Crippen molar-refractivity contribution in [2.24, 2.45) is 0 Å². The zero-order valence-corrected chi connectivity index (χ0v) is 11.4. The van der Waals surface area contributed by atoms with Crippen LogP contribution in [0.15, 0.2) is 18.2 Å². The van der Waals surface area contributed by atoms with Crippen molar-refractivity contribution in [3.8, 4) is 0 Å². The summed E-state index contributed by atoms with van der Waals surface area (Å²) in [6.45, 7) is 0. The fourth-order valence-corrected chi connectivity index (χ4v) is 1.76. The summed E-state index contributed by atoms with van der Waals surface area (Å²) in [7, 11) is 0. The maximum absolute atomic E-state index is 13.5. The lowest BCUT2D eigenvalue weighted by molar-refractivity contribution is -0.340. The van der Waals surface area contributed by atoms with Crippen LogP contribution in [-0.2, 0) is 18.8 Å². The molecule has 0 aliphatic rings. The van der Waals surface area contributed by atoms with Crippen molar-refractivity contribution < 1.29 is 57.1 Å². The molecule has 13 heteroatoms. The van der Waals surface area contributed by atoms with Gasteiger partial charge in [-0.15, -0.1) is 0 Å². The van der Waals surface area contributed by atoms with E-state index in [9.17, 15) is 57.1 Å². The van der Waals surface area contributed by atoms with Gasteiger partial charge in [0.2, 0.25) is 0 Å². The molecule has 1 aromatic rings. The monoisotopic (exact) mass is 396 g/mol. The minimum absolute atomic E-state index is 0.402. The largest absolute Gasteiger partial charge is 0.431 e. The third-order valence-corrected chi connectivity index (χ3v) is 2.99. The van der Waals surface area contributed by atoms with Crippen molar-refractivity contribution in [1.82, 2.24) is 0 Å². The number of hydrogen-bond acceptors (Lipinski definition) is 0. The average molecular weight is 396 g/mol. The normalized spacial score (nSPS) is 14.8. The van der Waals surface area contributed by atoms with Gasteiger partial charge in [-0.25, -0.2) is 4.39 Å². The number of benzene rings is 1. The quantitative estimate of drug-likeness (QED) is 0.530. The molecule has 0 saturated heterocycles. The molecular weight excluding hydrogens is 391 g/mol. The molecule has 0 aromatic heterocycles. The van der Waals surface area contributed by atoms with E-state index < -0.39 is 71.7 Å². The lowest BCUT2D eigenvalue weighted by atomic mass is 9.92. The average Bonchev–Trinajstić information content (AvgIpc) is 2.33. The molecule has 0 atom stereocenters. The van der Waals surface area contributed by atoms with Crippen molar-refractivity contribution >= 4 is 0 Å². The minimum atomic E-state index is -6.61. The molecule has 0 nitrogen and oxygen atoms in total. The molecule has 1 rings (SSSR count). The van der Waals surface area contributed by atoms with Gasteiger partial charge in [-0.2, -0.15) is 52.7 Å². The van der Waals surface area contributed by atoms with Crippen LogP contribution in [0.4, 0.5) is 57.1 Å². The van der Waals surface area contributed by atoms with Crippen LogP contribution in [-0.4, -0.2) is 18.0 Å². The van der Waals surface area contributed by atoms with Crippen molar-refractivity contribution in [3.63, 3.8) is 0 Å². The SMILES string of the molecule is FC(F)(F)c1cc(CC(F)(C(F)(F)F)C(F)(F)F)cc(C(F)(F)F)c1. The van der Waals surface area contributed by atoms with Crippen molar-refractivity contribution in [1.29, 1.82) is 0 Å². The maximum atomic E-state index is 13.5. The van der Waals surface area contributed by atoms with Crippen LogP contribution in [0.25, 0.3) is 0 Å². The molecular formula is C12H5F13. The maximum Gasteiger partial charge on any atom is 0.431 e. The molecule has 0 bridgehead atoms. The minimum Gasteiger partial charge on any atom is -0.223 e. The number of rotatable bonds is 2. The summed E-state index contributed by atoms with van der Waals surface area (Å²) in [5, 5.41) is 0. The summed E-state index contributed by atoms with van der Waals surface area (Å²) in [6.07, 6.45) is -27.0. The Kier molecular flexibility index (Phi) is 5.07. The number of hydrogen-bond donors (Lipinski definition) is 0. The molecule has 0 amide bonds. The topological polar surface area (TPSA) is 0 Å². The lowest BCUT2D eigenvalue weighted by Crippen LogP contribution is -2.54. The molecule has 0 fully saturated rings. The van der Waals surface area contributed by atoms with E-state index in [1.54, 1.807) is 0 Å². The summed E-state index contributed by atoms with van der Waals surface area (Å²) in [5.41, 5.74) is -12.1. The molecule has 0 spiro atoms. The predicted octanol–water partition coefficient (Wildman–Crippen LogP) is 6.10. The second-order valence-corrected chi connectivity index (χ2v) is 4.89. The Morgan fingerprint density at radius 2 is 0.840 bits per heavy atom. The summed E-state index contributed by atoms with van der Waals surface area (Å²) in [6, 6.07) is -1.31. The summed E-state index contributed by atoms with van der Waals surface area (Å²) in [4.78, 5) is 0. The van der Waals surface area contributed by atoms with Gasteiger partial charge in [0.15, 0.2) is 0 Å². The highest BCUT2D eigenvalue weighted by atomic mass is 19.4. The van der Waals surface area contributed by atoms with Crippen LogP contribution in [0.1, 0.15) is 16.7 Å². The van der Waals surface area contributed by atoms with E-state index in [0.717, 1.165) is 0 Å². The third-order valence-electron chi connectivity index (χ3n) is 2.99. The van der Waals surface area contributed by atoms with E-state index in [1.165, 1.54) is 0 Å². The second-order valence-electron chi connectivity index (χ2n) is 4.89. The molecule has 25 heavy (non-hydrogen) atoms. The Morgan fingerprint density at radius 3 is 1.08 bits per heavy atom. The molecule has 0 radical (unpaired) electrons. The summed E-state index contributed by atoms with van der Waals surface area (Å²) < 4.78 is 163. The van der Waals surface area contributed by atoms with Gasteiger partial charge in [0, 0.05) is 6.42 Å². The first-order valence-electron chi connectivity index (χ1n) is 5.90. The molecule has 0 aliphatic heterocycles. The second kappa shape index (κ2) is 5.94. The first-order chi connectivity index (χ1) is 10.8. The van der Waals surface area contributed by atoms with Crippen LogP contribution < -0.4 is 0 Å². The summed E-state index contributed by atoms with van der Waals surface area (Å²) >= 11 is 0. The zero-order valence-electron chi connectivity index (χ0n) is 11.4. The van der Waals surface area contributed by atoms with E-state index in [4.69, 9.17) is 0 Å². The van der Waals surface area contributed by atoms with E-state index in [2.05, 4.69) is 0 Å². The van der Waals surface area contributed by atoms with Gasteiger partial charge in [0.05, 0.1) is 11.1 Å². The molecule has 0 heterocycles.